The van der Waals surface area contributed by atoms with Crippen molar-refractivity contribution in [2.45, 2.75) is 6.92 Å². The summed E-state index contributed by atoms with van der Waals surface area (Å²) in [7, 11) is 2.96. The van der Waals surface area contributed by atoms with Gasteiger partial charge >= 0.3 is 5.97 Å². The number of anilines is 2. The number of ether oxygens (including phenoxy) is 1. The maximum Gasteiger partial charge on any atom is 0.337 e. The quantitative estimate of drug-likeness (QED) is 0.877. The number of carbonyl (C=O) groups is 3. The van der Waals surface area contributed by atoms with Gasteiger partial charge in [0, 0.05) is 30.9 Å². The van der Waals surface area contributed by atoms with Crippen molar-refractivity contribution in [2.24, 2.45) is 0 Å². The predicted octanol–water partition coefficient (Wildman–Crippen LogP) is 2.71. The summed E-state index contributed by atoms with van der Waals surface area (Å²) >= 11 is 0. The Morgan fingerprint density at radius 2 is 1.62 bits per heavy atom. The summed E-state index contributed by atoms with van der Waals surface area (Å²) in [4.78, 5) is 36.6. The van der Waals surface area contributed by atoms with Crippen LogP contribution in [0.4, 0.5) is 11.4 Å². The zero-order valence-corrected chi connectivity index (χ0v) is 13.7. The summed E-state index contributed by atoms with van der Waals surface area (Å²) in [5.41, 5.74) is 2.04. The van der Waals surface area contributed by atoms with Gasteiger partial charge < -0.3 is 15.0 Å². The van der Waals surface area contributed by atoms with Crippen molar-refractivity contribution >= 4 is 29.2 Å². The molecule has 0 saturated carbocycles. The van der Waals surface area contributed by atoms with Crippen LogP contribution >= 0.6 is 0 Å². The van der Waals surface area contributed by atoms with Gasteiger partial charge in [-0.25, -0.2) is 4.79 Å². The van der Waals surface area contributed by atoms with E-state index in [-0.39, 0.29) is 11.8 Å². The number of nitrogens with zero attached hydrogens (tertiary/aromatic N) is 1. The molecule has 0 aliphatic heterocycles. The lowest BCUT2D eigenvalue weighted by Gasteiger charge is -2.16. The third-order valence-corrected chi connectivity index (χ3v) is 3.53. The van der Waals surface area contributed by atoms with Crippen LogP contribution in [0.1, 0.15) is 27.6 Å². The van der Waals surface area contributed by atoms with Crippen LogP contribution in [-0.2, 0) is 9.53 Å². The number of esters is 1. The minimum absolute atomic E-state index is 0.100. The summed E-state index contributed by atoms with van der Waals surface area (Å²) < 4.78 is 4.62. The Bertz CT molecular complexity index is 769. The van der Waals surface area contributed by atoms with E-state index in [1.165, 1.54) is 31.1 Å². The summed E-state index contributed by atoms with van der Waals surface area (Å²) in [6.45, 7) is 1.47. The first-order chi connectivity index (χ1) is 11.4. The summed E-state index contributed by atoms with van der Waals surface area (Å²) in [6.07, 6.45) is 0. The average molecular weight is 326 g/mol. The van der Waals surface area contributed by atoms with Crippen molar-refractivity contribution in [3.8, 4) is 0 Å². The van der Waals surface area contributed by atoms with Gasteiger partial charge in [-0.1, -0.05) is 6.07 Å². The van der Waals surface area contributed by atoms with E-state index in [9.17, 15) is 14.4 Å². The van der Waals surface area contributed by atoms with E-state index in [0.717, 1.165) is 0 Å². The molecular formula is C18H18N2O4. The smallest absolute Gasteiger partial charge is 0.337 e. The van der Waals surface area contributed by atoms with Crippen LogP contribution in [-0.4, -0.2) is 31.9 Å². The molecule has 0 unspecified atom stereocenters. The van der Waals surface area contributed by atoms with Gasteiger partial charge in [-0.2, -0.15) is 0 Å². The molecule has 6 heteroatoms. The van der Waals surface area contributed by atoms with E-state index in [4.69, 9.17) is 0 Å². The molecule has 2 aromatic carbocycles. The number of hydrogen-bond donors (Lipinski definition) is 1. The maximum absolute atomic E-state index is 12.3. The first-order valence-electron chi connectivity index (χ1n) is 7.26. The fourth-order valence-electron chi connectivity index (χ4n) is 2.05. The molecule has 124 valence electrons. The molecule has 0 heterocycles. The molecule has 0 saturated heterocycles. The first kappa shape index (κ1) is 17.2. The summed E-state index contributed by atoms with van der Waals surface area (Å²) in [5.74, 6) is -0.868. The number of methoxy groups -OCH3 is 1. The van der Waals surface area contributed by atoms with E-state index < -0.39 is 5.97 Å². The Morgan fingerprint density at radius 1 is 1.00 bits per heavy atom. The lowest BCUT2D eigenvalue weighted by molar-refractivity contribution is -0.116. The second-order valence-corrected chi connectivity index (χ2v) is 5.15. The number of nitrogens with one attached hydrogen (secondary N) is 1. The maximum atomic E-state index is 12.3. The molecule has 0 aliphatic rings. The molecule has 1 N–H and O–H groups in total. The van der Waals surface area contributed by atoms with E-state index in [1.807, 2.05) is 0 Å². The monoisotopic (exact) mass is 326 g/mol. The van der Waals surface area contributed by atoms with Crippen LogP contribution in [0.5, 0.6) is 0 Å². The third-order valence-electron chi connectivity index (χ3n) is 3.53. The molecule has 2 amide bonds. The van der Waals surface area contributed by atoms with Gasteiger partial charge in [-0.15, -0.1) is 0 Å². The summed E-state index contributed by atoms with van der Waals surface area (Å²) in [6, 6.07) is 13.1. The number of amides is 2. The Hall–Kier alpha value is -3.15. The molecule has 0 fully saturated rings. The van der Waals surface area contributed by atoms with Gasteiger partial charge in [-0.05, 0) is 42.5 Å². The number of hydrogen-bond acceptors (Lipinski definition) is 4. The average Bonchev–Trinajstić information content (AvgIpc) is 2.60. The highest BCUT2D eigenvalue weighted by atomic mass is 16.5. The van der Waals surface area contributed by atoms with Crippen LogP contribution in [0.25, 0.3) is 0 Å². The lowest BCUT2D eigenvalue weighted by atomic mass is 10.1. The van der Waals surface area contributed by atoms with Gasteiger partial charge in [-0.3, -0.25) is 9.59 Å². The predicted molar refractivity (Wildman–Crippen MR) is 91.3 cm³/mol. The van der Waals surface area contributed by atoms with Crippen molar-refractivity contribution in [2.75, 3.05) is 24.4 Å². The Kier molecular flexibility index (Phi) is 5.31. The van der Waals surface area contributed by atoms with Crippen LogP contribution < -0.4 is 10.2 Å². The molecule has 24 heavy (non-hydrogen) atoms. The largest absolute Gasteiger partial charge is 0.465 e. The number of benzene rings is 2. The highest BCUT2D eigenvalue weighted by Gasteiger charge is 2.11. The standard InChI is InChI=1S/C18H18N2O4/c1-12(21)20(2)16-6-4-5-15(11-16)19-17(22)13-7-9-14(10-8-13)18(23)24-3/h4-11H,1-3H3,(H,19,22). The zero-order valence-electron chi connectivity index (χ0n) is 13.7. The van der Waals surface area contributed by atoms with Crippen LogP contribution in [0.3, 0.4) is 0 Å². The van der Waals surface area contributed by atoms with E-state index in [0.29, 0.717) is 22.5 Å². The highest BCUT2D eigenvalue weighted by Crippen LogP contribution is 2.19. The molecule has 0 bridgehead atoms. The molecule has 0 radical (unpaired) electrons. The molecule has 6 nitrogen and oxygen atoms in total. The number of rotatable bonds is 4. The Morgan fingerprint density at radius 3 is 2.21 bits per heavy atom. The Labute approximate surface area is 140 Å². The molecule has 0 atom stereocenters. The van der Waals surface area contributed by atoms with Gasteiger partial charge in [0.25, 0.3) is 5.91 Å². The van der Waals surface area contributed by atoms with Gasteiger partial charge in [0.1, 0.15) is 0 Å². The van der Waals surface area contributed by atoms with Crippen molar-refractivity contribution in [1.82, 2.24) is 0 Å². The van der Waals surface area contributed by atoms with Crippen molar-refractivity contribution in [3.05, 3.63) is 59.7 Å². The first-order valence-corrected chi connectivity index (χ1v) is 7.26. The highest BCUT2D eigenvalue weighted by molar-refractivity contribution is 6.05. The lowest BCUT2D eigenvalue weighted by Crippen LogP contribution is -2.23. The van der Waals surface area contributed by atoms with Gasteiger partial charge in [0.05, 0.1) is 12.7 Å². The minimum atomic E-state index is -0.457. The second-order valence-electron chi connectivity index (χ2n) is 5.15. The SMILES string of the molecule is COC(=O)c1ccc(C(=O)Nc2cccc(N(C)C(C)=O)c2)cc1. The molecule has 0 aromatic heterocycles. The molecule has 2 rings (SSSR count). The summed E-state index contributed by atoms with van der Waals surface area (Å²) in [5, 5.41) is 2.76. The zero-order chi connectivity index (χ0) is 17.7. The Balaban J connectivity index is 2.13. The van der Waals surface area contributed by atoms with E-state index >= 15 is 0 Å². The molecule has 0 aliphatic carbocycles. The minimum Gasteiger partial charge on any atom is -0.465 e. The van der Waals surface area contributed by atoms with Crippen LogP contribution in [0.2, 0.25) is 0 Å². The topological polar surface area (TPSA) is 75.7 Å². The third kappa shape index (κ3) is 3.98. The second kappa shape index (κ2) is 7.41. The fourth-order valence-corrected chi connectivity index (χ4v) is 2.05. The van der Waals surface area contributed by atoms with Crippen LogP contribution in [0.15, 0.2) is 48.5 Å². The normalized spacial score (nSPS) is 9.96. The number of carbonyl (C=O) groups excluding carboxylic acids is 3. The van der Waals surface area contributed by atoms with E-state index in [1.54, 1.807) is 43.4 Å². The van der Waals surface area contributed by atoms with Crippen LogP contribution in [0, 0.1) is 0 Å². The molecular weight excluding hydrogens is 308 g/mol. The van der Waals surface area contributed by atoms with Crippen molar-refractivity contribution in [3.63, 3.8) is 0 Å². The molecule has 0 spiro atoms. The van der Waals surface area contributed by atoms with Gasteiger partial charge in [0.2, 0.25) is 5.91 Å². The fraction of sp³-hybridized carbons (Fsp3) is 0.167. The molecule has 2 aromatic rings. The van der Waals surface area contributed by atoms with Crippen molar-refractivity contribution in [1.29, 1.82) is 0 Å². The van der Waals surface area contributed by atoms with Crippen molar-refractivity contribution < 1.29 is 19.1 Å². The van der Waals surface area contributed by atoms with E-state index in [2.05, 4.69) is 10.1 Å². The van der Waals surface area contributed by atoms with Gasteiger partial charge in [0.15, 0.2) is 0 Å².